The normalized spacial score (nSPS) is 36.6. The van der Waals surface area contributed by atoms with Crippen molar-refractivity contribution in [1.29, 1.82) is 5.26 Å². The molecule has 0 amide bonds. The van der Waals surface area contributed by atoms with E-state index in [4.69, 9.17) is 0 Å². The summed E-state index contributed by atoms with van der Waals surface area (Å²) in [5.41, 5.74) is 0. The van der Waals surface area contributed by atoms with Gasteiger partial charge in [0.15, 0.2) is 0 Å². The summed E-state index contributed by atoms with van der Waals surface area (Å²) in [7, 11) is 0. The highest BCUT2D eigenvalue weighted by atomic mass is 15.3. The van der Waals surface area contributed by atoms with Gasteiger partial charge in [-0.15, -0.1) is 0 Å². The van der Waals surface area contributed by atoms with Gasteiger partial charge in [0.25, 0.3) is 0 Å². The summed E-state index contributed by atoms with van der Waals surface area (Å²) in [6.07, 6.45) is 3.57. The lowest BCUT2D eigenvalue weighted by molar-refractivity contribution is 0.0537. The number of piperazine rings is 1. The first-order valence-corrected chi connectivity index (χ1v) is 7.10. The van der Waals surface area contributed by atoms with Gasteiger partial charge >= 0.3 is 0 Å². The van der Waals surface area contributed by atoms with Gasteiger partial charge in [0.2, 0.25) is 0 Å². The molecule has 0 spiro atoms. The molecule has 2 fully saturated rings. The zero-order chi connectivity index (χ0) is 12.3. The quantitative estimate of drug-likeness (QED) is 0.733. The molecule has 0 radical (unpaired) electrons. The van der Waals surface area contributed by atoms with Crippen LogP contribution >= 0.6 is 0 Å². The van der Waals surface area contributed by atoms with E-state index in [9.17, 15) is 5.26 Å². The van der Waals surface area contributed by atoms with Gasteiger partial charge in [-0.3, -0.25) is 4.90 Å². The van der Waals surface area contributed by atoms with E-state index >= 15 is 0 Å². The van der Waals surface area contributed by atoms with Crippen molar-refractivity contribution >= 4 is 0 Å². The van der Waals surface area contributed by atoms with Crippen LogP contribution in [-0.2, 0) is 0 Å². The molecule has 2 aliphatic rings. The Balaban J connectivity index is 1.93. The second-order valence-electron chi connectivity index (χ2n) is 5.69. The van der Waals surface area contributed by atoms with Gasteiger partial charge in [-0.05, 0) is 31.7 Å². The van der Waals surface area contributed by atoms with Crippen molar-refractivity contribution in [3.05, 3.63) is 0 Å². The first-order valence-electron chi connectivity index (χ1n) is 7.10. The Morgan fingerprint density at radius 1 is 1.18 bits per heavy atom. The van der Waals surface area contributed by atoms with Crippen LogP contribution in [0.3, 0.4) is 0 Å². The minimum atomic E-state index is 0.277. The Labute approximate surface area is 105 Å². The van der Waals surface area contributed by atoms with Crippen LogP contribution in [-0.4, -0.2) is 48.6 Å². The second kappa shape index (κ2) is 5.84. The number of hydrogen-bond acceptors (Lipinski definition) is 3. The van der Waals surface area contributed by atoms with Crippen molar-refractivity contribution < 1.29 is 0 Å². The minimum Gasteiger partial charge on any atom is -0.301 e. The Kier molecular flexibility index (Phi) is 4.42. The average Bonchev–Trinajstić information content (AvgIpc) is 2.39. The van der Waals surface area contributed by atoms with Gasteiger partial charge in [-0.1, -0.05) is 13.8 Å². The van der Waals surface area contributed by atoms with Gasteiger partial charge < -0.3 is 4.90 Å². The maximum Gasteiger partial charge on any atom is 0.0672 e. The Morgan fingerprint density at radius 2 is 1.88 bits per heavy atom. The van der Waals surface area contributed by atoms with E-state index in [0.717, 1.165) is 32.0 Å². The predicted octanol–water partition coefficient (Wildman–Crippen LogP) is 1.95. The molecule has 17 heavy (non-hydrogen) atoms. The summed E-state index contributed by atoms with van der Waals surface area (Å²) < 4.78 is 0. The van der Waals surface area contributed by atoms with Crippen molar-refractivity contribution in [3.63, 3.8) is 0 Å². The topological polar surface area (TPSA) is 30.3 Å². The molecule has 3 atom stereocenters. The predicted molar refractivity (Wildman–Crippen MR) is 69.6 cm³/mol. The lowest BCUT2D eigenvalue weighted by Crippen LogP contribution is -2.53. The lowest BCUT2D eigenvalue weighted by Gasteiger charge is -2.43. The SMILES string of the molecule is CCN1CCN(C2CC(C)CCC2C#N)CC1. The molecule has 1 aliphatic heterocycles. The Hall–Kier alpha value is -0.590. The molecule has 1 aliphatic carbocycles. The summed E-state index contributed by atoms with van der Waals surface area (Å²) in [6, 6.07) is 3.07. The Bertz CT molecular complexity index is 276. The van der Waals surface area contributed by atoms with Crippen LogP contribution in [0.15, 0.2) is 0 Å². The Morgan fingerprint density at radius 3 is 2.47 bits per heavy atom. The van der Waals surface area contributed by atoms with E-state index in [1.165, 1.54) is 25.9 Å². The zero-order valence-electron chi connectivity index (χ0n) is 11.2. The van der Waals surface area contributed by atoms with E-state index in [-0.39, 0.29) is 5.92 Å². The smallest absolute Gasteiger partial charge is 0.0672 e. The lowest BCUT2D eigenvalue weighted by atomic mass is 9.79. The number of rotatable bonds is 2. The summed E-state index contributed by atoms with van der Waals surface area (Å²) in [4.78, 5) is 5.08. The molecule has 3 heteroatoms. The molecule has 1 heterocycles. The molecule has 0 aromatic rings. The zero-order valence-corrected chi connectivity index (χ0v) is 11.2. The van der Waals surface area contributed by atoms with Crippen molar-refractivity contribution in [2.24, 2.45) is 11.8 Å². The van der Waals surface area contributed by atoms with Crippen LogP contribution in [0.2, 0.25) is 0 Å². The number of nitrogens with zero attached hydrogens (tertiary/aromatic N) is 3. The van der Waals surface area contributed by atoms with E-state index in [1.54, 1.807) is 0 Å². The highest BCUT2D eigenvalue weighted by molar-refractivity contribution is 4.98. The summed E-state index contributed by atoms with van der Waals surface area (Å²) in [6.45, 7) is 10.4. The first kappa shape index (κ1) is 12.9. The summed E-state index contributed by atoms with van der Waals surface area (Å²) in [5, 5.41) is 9.29. The van der Waals surface area contributed by atoms with Gasteiger partial charge in [0.1, 0.15) is 0 Å². The number of likely N-dealkylation sites (N-methyl/N-ethyl adjacent to an activating group) is 1. The van der Waals surface area contributed by atoms with E-state index in [1.807, 2.05) is 0 Å². The third-order valence-corrected chi connectivity index (χ3v) is 4.57. The van der Waals surface area contributed by atoms with E-state index in [0.29, 0.717) is 6.04 Å². The van der Waals surface area contributed by atoms with Crippen molar-refractivity contribution in [1.82, 2.24) is 9.80 Å². The molecule has 3 unspecified atom stereocenters. The summed E-state index contributed by atoms with van der Waals surface area (Å²) >= 11 is 0. The number of hydrogen-bond donors (Lipinski definition) is 0. The van der Waals surface area contributed by atoms with Crippen LogP contribution in [0.4, 0.5) is 0 Å². The fourth-order valence-corrected chi connectivity index (χ4v) is 3.32. The van der Waals surface area contributed by atoms with Crippen LogP contribution in [0.25, 0.3) is 0 Å². The van der Waals surface area contributed by atoms with Gasteiger partial charge in [0.05, 0.1) is 12.0 Å². The maximum absolute atomic E-state index is 9.29. The van der Waals surface area contributed by atoms with Crippen LogP contribution in [0.5, 0.6) is 0 Å². The van der Waals surface area contributed by atoms with Gasteiger partial charge in [-0.25, -0.2) is 0 Å². The maximum atomic E-state index is 9.29. The minimum absolute atomic E-state index is 0.277. The van der Waals surface area contributed by atoms with E-state index < -0.39 is 0 Å². The number of nitriles is 1. The fourth-order valence-electron chi connectivity index (χ4n) is 3.32. The van der Waals surface area contributed by atoms with E-state index in [2.05, 4.69) is 29.7 Å². The monoisotopic (exact) mass is 235 g/mol. The van der Waals surface area contributed by atoms with Crippen molar-refractivity contribution in [2.75, 3.05) is 32.7 Å². The van der Waals surface area contributed by atoms with Gasteiger partial charge in [0, 0.05) is 32.2 Å². The molecule has 1 saturated carbocycles. The van der Waals surface area contributed by atoms with Crippen molar-refractivity contribution in [2.45, 2.75) is 39.2 Å². The molecule has 0 aromatic carbocycles. The molecule has 96 valence electrons. The molecule has 1 saturated heterocycles. The molecule has 2 rings (SSSR count). The molecule has 0 aromatic heterocycles. The highest BCUT2D eigenvalue weighted by Crippen LogP contribution is 2.32. The molecule has 3 nitrogen and oxygen atoms in total. The molecular weight excluding hydrogens is 210 g/mol. The third kappa shape index (κ3) is 3.00. The van der Waals surface area contributed by atoms with Crippen LogP contribution < -0.4 is 0 Å². The molecular formula is C14H25N3. The molecule has 0 N–H and O–H groups in total. The summed E-state index contributed by atoms with van der Waals surface area (Å²) in [5.74, 6) is 1.08. The second-order valence-corrected chi connectivity index (χ2v) is 5.69. The van der Waals surface area contributed by atoms with Gasteiger partial charge in [-0.2, -0.15) is 5.26 Å². The van der Waals surface area contributed by atoms with Crippen molar-refractivity contribution in [3.8, 4) is 6.07 Å². The van der Waals surface area contributed by atoms with Crippen LogP contribution in [0, 0.1) is 23.2 Å². The average molecular weight is 235 g/mol. The first-order chi connectivity index (χ1) is 8.24. The standard InChI is InChI=1S/C14H25N3/c1-3-16-6-8-17(9-7-16)14-10-12(2)4-5-13(14)11-15/h12-14H,3-10H2,1-2H3. The molecule has 0 bridgehead atoms. The van der Waals surface area contributed by atoms with Crippen LogP contribution in [0.1, 0.15) is 33.1 Å². The fraction of sp³-hybridized carbons (Fsp3) is 0.929. The largest absolute Gasteiger partial charge is 0.301 e. The third-order valence-electron chi connectivity index (χ3n) is 4.57. The highest BCUT2D eigenvalue weighted by Gasteiger charge is 2.34.